The van der Waals surface area contributed by atoms with Gasteiger partial charge in [-0.1, -0.05) is 96.1 Å². The molecule has 0 heteroatoms. The molecule has 0 N–H and O–H groups in total. The van der Waals surface area contributed by atoms with Crippen molar-refractivity contribution in [2.24, 2.45) is 0 Å². The molecular weight excluding hydrogens is 384 g/mol. The van der Waals surface area contributed by atoms with Crippen molar-refractivity contribution in [1.82, 2.24) is 0 Å². The van der Waals surface area contributed by atoms with E-state index in [1.807, 2.05) is 0 Å². The molecule has 0 unspecified atom stereocenters. The molecule has 7 aromatic carbocycles. The van der Waals surface area contributed by atoms with E-state index in [-0.39, 0.29) is 0 Å². The van der Waals surface area contributed by atoms with Gasteiger partial charge in [0.1, 0.15) is 0 Å². The first-order valence-corrected chi connectivity index (χ1v) is 11.3. The average Bonchev–Trinajstić information content (AvgIpc) is 2.82. The van der Waals surface area contributed by atoms with Crippen LogP contribution in [0, 0.1) is 13.8 Å². The fourth-order valence-corrected chi connectivity index (χ4v) is 5.46. The van der Waals surface area contributed by atoms with E-state index in [0.29, 0.717) is 0 Å². The summed E-state index contributed by atoms with van der Waals surface area (Å²) >= 11 is 0. The van der Waals surface area contributed by atoms with E-state index in [1.165, 1.54) is 75.8 Å². The zero-order chi connectivity index (χ0) is 21.4. The molecular formula is C32H22. The van der Waals surface area contributed by atoms with Gasteiger partial charge in [0.15, 0.2) is 0 Å². The van der Waals surface area contributed by atoms with Gasteiger partial charge >= 0.3 is 0 Å². The van der Waals surface area contributed by atoms with E-state index >= 15 is 0 Å². The molecule has 0 spiro atoms. The smallest absolute Gasteiger partial charge is 0.00987 e. The Bertz CT molecular complexity index is 1750. The molecule has 0 radical (unpaired) electrons. The van der Waals surface area contributed by atoms with Gasteiger partial charge in [0.2, 0.25) is 0 Å². The first kappa shape index (κ1) is 17.7. The Hall–Kier alpha value is -3.90. The van der Waals surface area contributed by atoms with Gasteiger partial charge in [-0.05, 0) is 90.6 Å². The maximum Gasteiger partial charge on any atom is -0.00987 e. The van der Waals surface area contributed by atoms with Crippen LogP contribution < -0.4 is 0 Å². The minimum absolute atomic E-state index is 1.30. The molecule has 7 rings (SSSR count). The predicted molar refractivity (Wildman–Crippen MR) is 141 cm³/mol. The Morgan fingerprint density at radius 3 is 1.00 bits per heavy atom. The van der Waals surface area contributed by atoms with Crippen molar-refractivity contribution >= 4 is 64.6 Å². The SMILES string of the molecule is Cc1ccc2ccc3c4cc5ccc6c7cc(C)ccc7ccc6c5cc4ccc3c2c1. The van der Waals surface area contributed by atoms with Crippen molar-refractivity contribution in [2.75, 3.05) is 0 Å². The molecule has 0 fully saturated rings. The molecule has 0 amide bonds. The van der Waals surface area contributed by atoms with E-state index in [4.69, 9.17) is 0 Å². The summed E-state index contributed by atoms with van der Waals surface area (Å²) in [4.78, 5) is 0. The third-order valence-electron chi connectivity index (χ3n) is 7.10. The van der Waals surface area contributed by atoms with Gasteiger partial charge < -0.3 is 0 Å². The maximum atomic E-state index is 2.38. The Balaban J connectivity index is 1.60. The third-order valence-corrected chi connectivity index (χ3v) is 7.10. The summed E-state index contributed by atoms with van der Waals surface area (Å²) in [5.41, 5.74) is 2.61. The number of aryl methyl sites for hydroxylation is 2. The predicted octanol–water partition coefficient (Wildman–Crippen LogP) is 9.22. The molecule has 0 atom stereocenters. The lowest BCUT2D eigenvalue weighted by Crippen LogP contribution is -1.85. The van der Waals surface area contributed by atoms with Gasteiger partial charge in [-0.25, -0.2) is 0 Å². The van der Waals surface area contributed by atoms with Crippen LogP contribution in [0.4, 0.5) is 0 Å². The Labute approximate surface area is 186 Å². The lowest BCUT2D eigenvalue weighted by Gasteiger charge is -2.12. The summed E-state index contributed by atoms with van der Waals surface area (Å²) in [6.45, 7) is 4.34. The van der Waals surface area contributed by atoms with Gasteiger partial charge in [0, 0.05) is 0 Å². The number of hydrogen-bond donors (Lipinski definition) is 0. The topological polar surface area (TPSA) is 0 Å². The highest BCUT2D eigenvalue weighted by atomic mass is 14.1. The summed E-state index contributed by atoms with van der Waals surface area (Å²) in [7, 11) is 0. The van der Waals surface area contributed by atoms with Crippen molar-refractivity contribution in [3.63, 3.8) is 0 Å². The van der Waals surface area contributed by atoms with Crippen molar-refractivity contribution in [2.45, 2.75) is 13.8 Å². The maximum absolute atomic E-state index is 2.38. The highest BCUT2D eigenvalue weighted by molar-refractivity contribution is 6.23. The molecule has 0 bridgehead atoms. The Morgan fingerprint density at radius 1 is 0.281 bits per heavy atom. The lowest BCUT2D eigenvalue weighted by molar-refractivity contribution is 1.51. The van der Waals surface area contributed by atoms with E-state index in [1.54, 1.807) is 0 Å². The molecule has 0 saturated heterocycles. The minimum Gasteiger partial charge on any atom is -0.0587 e. The van der Waals surface area contributed by atoms with Crippen LogP contribution >= 0.6 is 0 Å². The zero-order valence-corrected chi connectivity index (χ0v) is 18.2. The number of rotatable bonds is 0. The quantitative estimate of drug-likeness (QED) is 0.174. The van der Waals surface area contributed by atoms with Gasteiger partial charge in [0.05, 0.1) is 0 Å². The molecule has 150 valence electrons. The van der Waals surface area contributed by atoms with Crippen LogP contribution in [0.25, 0.3) is 64.6 Å². The van der Waals surface area contributed by atoms with E-state index < -0.39 is 0 Å². The number of hydrogen-bond acceptors (Lipinski definition) is 0. The zero-order valence-electron chi connectivity index (χ0n) is 18.2. The van der Waals surface area contributed by atoms with E-state index in [9.17, 15) is 0 Å². The summed E-state index contributed by atoms with van der Waals surface area (Å²) in [6.07, 6.45) is 0. The second-order valence-corrected chi connectivity index (χ2v) is 9.20. The van der Waals surface area contributed by atoms with E-state index in [2.05, 4.69) is 111 Å². The van der Waals surface area contributed by atoms with Gasteiger partial charge in [-0.3, -0.25) is 0 Å². The first-order chi connectivity index (χ1) is 15.7. The van der Waals surface area contributed by atoms with Crippen molar-refractivity contribution in [1.29, 1.82) is 0 Å². The largest absolute Gasteiger partial charge is 0.0587 e. The average molecular weight is 407 g/mol. The van der Waals surface area contributed by atoms with Crippen LogP contribution in [0.3, 0.4) is 0 Å². The van der Waals surface area contributed by atoms with Crippen molar-refractivity contribution in [3.8, 4) is 0 Å². The van der Waals surface area contributed by atoms with Gasteiger partial charge in [0.25, 0.3) is 0 Å². The van der Waals surface area contributed by atoms with E-state index in [0.717, 1.165) is 0 Å². The third kappa shape index (κ3) is 2.44. The minimum atomic E-state index is 1.30. The molecule has 0 nitrogen and oxygen atoms in total. The number of fused-ring (bicyclic) bond motifs is 10. The molecule has 0 aromatic heterocycles. The molecule has 0 aliphatic rings. The summed E-state index contributed by atoms with van der Waals surface area (Å²) in [5.74, 6) is 0. The molecule has 7 aromatic rings. The van der Waals surface area contributed by atoms with Crippen molar-refractivity contribution < 1.29 is 0 Å². The molecule has 0 aliphatic carbocycles. The van der Waals surface area contributed by atoms with Crippen LogP contribution in [0.1, 0.15) is 11.1 Å². The Morgan fingerprint density at radius 2 is 0.594 bits per heavy atom. The first-order valence-electron chi connectivity index (χ1n) is 11.3. The second-order valence-electron chi connectivity index (χ2n) is 9.20. The fourth-order valence-electron chi connectivity index (χ4n) is 5.46. The Kier molecular flexibility index (Phi) is 3.50. The highest BCUT2D eigenvalue weighted by Crippen LogP contribution is 2.37. The second kappa shape index (κ2) is 6.31. The molecule has 32 heavy (non-hydrogen) atoms. The molecule has 0 aliphatic heterocycles. The molecule has 0 saturated carbocycles. The highest BCUT2D eigenvalue weighted by Gasteiger charge is 2.09. The summed E-state index contributed by atoms with van der Waals surface area (Å²) < 4.78 is 0. The monoisotopic (exact) mass is 406 g/mol. The van der Waals surface area contributed by atoms with Gasteiger partial charge in [-0.15, -0.1) is 0 Å². The molecule has 0 heterocycles. The summed E-state index contributed by atoms with van der Waals surface area (Å²) in [5, 5.41) is 15.9. The van der Waals surface area contributed by atoms with Crippen LogP contribution in [0.15, 0.2) is 97.1 Å². The van der Waals surface area contributed by atoms with Crippen LogP contribution in [0.2, 0.25) is 0 Å². The van der Waals surface area contributed by atoms with Crippen LogP contribution in [-0.2, 0) is 0 Å². The number of benzene rings is 7. The van der Waals surface area contributed by atoms with Gasteiger partial charge in [-0.2, -0.15) is 0 Å². The lowest BCUT2D eigenvalue weighted by atomic mass is 9.92. The summed E-state index contributed by atoms with van der Waals surface area (Å²) in [6, 6.07) is 36.5. The fraction of sp³-hybridized carbons (Fsp3) is 0.0625. The van der Waals surface area contributed by atoms with Crippen LogP contribution in [-0.4, -0.2) is 0 Å². The van der Waals surface area contributed by atoms with Crippen LogP contribution in [0.5, 0.6) is 0 Å². The van der Waals surface area contributed by atoms with Crippen molar-refractivity contribution in [3.05, 3.63) is 108 Å². The standard InChI is InChI=1S/C32H22/c1-19-3-5-21-7-11-27-25(29(21)15-19)13-9-23-18-32-24(17-31(23)27)10-14-26-28(32)12-8-22-6-4-20(2)16-30(22)26/h3-18H,1-2H3. The normalized spacial score (nSPS) is 12.1.